The van der Waals surface area contributed by atoms with Crippen LogP contribution in [0, 0.1) is 0 Å². The largest absolute Gasteiger partial charge is 0.497 e. The van der Waals surface area contributed by atoms with Gasteiger partial charge in [-0.25, -0.2) is 4.79 Å². The molecule has 0 bridgehead atoms. The lowest BCUT2D eigenvalue weighted by atomic mass is 9.99. The maximum Gasteiger partial charge on any atom is 0.340 e. The van der Waals surface area contributed by atoms with Gasteiger partial charge in [-0.05, 0) is 47.9 Å². The molecule has 0 spiro atoms. The first-order valence-electron chi connectivity index (χ1n) is 8.30. The molecule has 4 heteroatoms. The first-order chi connectivity index (χ1) is 12.2. The minimum atomic E-state index is -0.310. The van der Waals surface area contributed by atoms with Crippen molar-refractivity contribution in [2.75, 3.05) is 14.2 Å². The Labute approximate surface area is 145 Å². The van der Waals surface area contributed by atoms with E-state index in [0.29, 0.717) is 5.56 Å². The number of methoxy groups -OCH3 is 2. The third kappa shape index (κ3) is 2.18. The van der Waals surface area contributed by atoms with Crippen LogP contribution in [0.1, 0.15) is 22.8 Å². The van der Waals surface area contributed by atoms with Crippen molar-refractivity contribution in [3.63, 3.8) is 0 Å². The van der Waals surface area contributed by atoms with E-state index in [2.05, 4.69) is 29.5 Å². The number of nitrogens with zero attached hydrogens (tertiary/aromatic N) is 1. The van der Waals surface area contributed by atoms with Crippen LogP contribution in [0.25, 0.3) is 27.7 Å². The lowest BCUT2D eigenvalue weighted by Crippen LogP contribution is -2.00. The monoisotopic (exact) mass is 333 g/mol. The molecule has 0 aliphatic rings. The highest BCUT2D eigenvalue weighted by atomic mass is 16.5. The van der Waals surface area contributed by atoms with Crippen LogP contribution in [-0.2, 0) is 11.2 Å². The first-order valence-corrected chi connectivity index (χ1v) is 8.30. The van der Waals surface area contributed by atoms with E-state index in [0.717, 1.165) is 39.8 Å². The predicted molar refractivity (Wildman–Crippen MR) is 98.8 cm³/mol. The van der Waals surface area contributed by atoms with Crippen LogP contribution in [0.2, 0.25) is 0 Å². The van der Waals surface area contributed by atoms with E-state index >= 15 is 0 Å². The van der Waals surface area contributed by atoms with Crippen molar-refractivity contribution < 1.29 is 14.3 Å². The van der Waals surface area contributed by atoms with E-state index in [1.807, 2.05) is 30.3 Å². The Hall–Kier alpha value is -3.01. The molecule has 4 nitrogen and oxygen atoms in total. The zero-order chi connectivity index (χ0) is 17.6. The van der Waals surface area contributed by atoms with Gasteiger partial charge in [-0.15, -0.1) is 0 Å². The van der Waals surface area contributed by atoms with Gasteiger partial charge < -0.3 is 13.9 Å². The lowest BCUT2D eigenvalue weighted by Gasteiger charge is -2.06. The molecule has 4 aromatic rings. The number of esters is 1. The predicted octanol–water partition coefficient (Wildman–Crippen LogP) is 4.55. The standard InChI is InChI=1S/C21H19NO3/c1-4-15-17-6-5-7-18-16(21(23)25-3)12-19(22(17)18)20(15)13-8-10-14(24-2)11-9-13/h5-12H,4H2,1-3H3. The Balaban J connectivity index is 2.07. The zero-order valence-electron chi connectivity index (χ0n) is 14.5. The average molecular weight is 333 g/mol. The first kappa shape index (κ1) is 15.5. The SMILES string of the molecule is CCc1c(-c2ccc(OC)cc2)c2cc(C(=O)OC)c3cccc1n32. The number of ether oxygens (including phenoxy) is 2. The molecule has 0 radical (unpaired) electrons. The summed E-state index contributed by atoms with van der Waals surface area (Å²) in [4.78, 5) is 12.2. The number of hydrogen-bond donors (Lipinski definition) is 0. The summed E-state index contributed by atoms with van der Waals surface area (Å²) in [5, 5.41) is 0. The molecule has 0 amide bonds. The van der Waals surface area contributed by atoms with Gasteiger partial charge in [-0.3, -0.25) is 0 Å². The zero-order valence-corrected chi connectivity index (χ0v) is 14.5. The second-order valence-corrected chi connectivity index (χ2v) is 6.00. The van der Waals surface area contributed by atoms with Gasteiger partial charge >= 0.3 is 5.97 Å². The molecule has 0 atom stereocenters. The van der Waals surface area contributed by atoms with Crippen molar-refractivity contribution in [3.8, 4) is 16.9 Å². The molecule has 4 rings (SSSR count). The van der Waals surface area contributed by atoms with Gasteiger partial charge in [0.05, 0.1) is 36.3 Å². The molecule has 0 unspecified atom stereocenters. The van der Waals surface area contributed by atoms with Gasteiger partial charge in [0.15, 0.2) is 0 Å². The molecule has 0 saturated carbocycles. The molecule has 0 N–H and O–H groups in total. The highest BCUT2D eigenvalue weighted by Crippen LogP contribution is 2.39. The summed E-state index contributed by atoms with van der Waals surface area (Å²) in [6, 6.07) is 16.0. The number of benzene rings is 1. The van der Waals surface area contributed by atoms with E-state index in [9.17, 15) is 4.79 Å². The summed E-state index contributed by atoms with van der Waals surface area (Å²) in [5.74, 6) is 0.517. The van der Waals surface area contributed by atoms with Crippen molar-refractivity contribution >= 4 is 22.5 Å². The van der Waals surface area contributed by atoms with E-state index < -0.39 is 0 Å². The molecule has 0 aliphatic carbocycles. The van der Waals surface area contributed by atoms with Crippen LogP contribution in [-0.4, -0.2) is 24.6 Å². The van der Waals surface area contributed by atoms with E-state index in [1.165, 1.54) is 12.7 Å². The normalized spacial score (nSPS) is 11.3. The quantitative estimate of drug-likeness (QED) is 0.514. The summed E-state index contributed by atoms with van der Waals surface area (Å²) < 4.78 is 12.4. The average Bonchev–Trinajstić information content (AvgIpc) is 3.20. The summed E-state index contributed by atoms with van der Waals surface area (Å²) in [7, 11) is 3.08. The van der Waals surface area contributed by atoms with Gasteiger partial charge in [-0.2, -0.15) is 0 Å². The van der Waals surface area contributed by atoms with Crippen LogP contribution in [0.15, 0.2) is 48.5 Å². The third-order valence-electron chi connectivity index (χ3n) is 4.79. The van der Waals surface area contributed by atoms with E-state index in [1.54, 1.807) is 7.11 Å². The molecule has 0 fully saturated rings. The second-order valence-electron chi connectivity index (χ2n) is 6.00. The third-order valence-corrected chi connectivity index (χ3v) is 4.79. The van der Waals surface area contributed by atoms with Gasteiger partial charge in [-0.1, -0.05) is 25.1 Å². The maximum atomic E-state index is 12.2. The van der Waals surface area contributed by atoms with Gasteiger partial charge in [0.2, 0.25) is 0 Å². The second kappa shape index (κ2) is 5.81. The summed E-state index contributed by atoms with van der Waals surface area (Å²) in [6.07, 6.45) is 0.912. The number of rotatable bonds is 4. The minimum Gasteiger partial charge on any atom is -0.497 e. The highest BCUT2D eigenvalue weighted by molar-refractivity contribution is 6.05. The molecule has 1 aromatic carbocycles. The number of aromatic nitrogens is 1. The molecule has 25 heavy (non-hydrogen) atoms. The number of carbonyl (C=O) groups excluding carboxylic acids is 1. The number of aryl methyl sites for hydroxylation is 1. The smallest absolute Gasteiger partial charge is 0.340 e. The van der Waals surface area contributed by atoms with Crippen molar-refractivity contribution in [3.05, 3.63) is 59.7 Å². The van der Waals surface area contributed by atoms with Crippen LogP contribution in [0.4, 0.5) is 0 Å². The molecule has 3 aromatic heterocycles. The van der Waals surface area contributed by atoms with Crippen LogP contribution >= 0.6 is 0 Å². The summed E-state index contributed by atoms with van der Waals surface area (Å²) in [6.45, 7) is 2.16. The lowest BCUT2D eigenvalue weighted by molar-refractivity contribution is 0.0603. The topological polar surface area (TPSA) is 39.9 Å². The Morgan fingerprint density at radius 3 is 2.36 bits per heavy atom. The molecule has 126 valence electrons. The molecule has 0 saturated heterocycles. The number of hydrogen-bond acceptors (Lipinski definition) is 3. The van der Waals surface area contributed by atoms with Gasteiger partial charge in [0.1, 0.15) is 5.75 Å². The fourth-order valence-corrected chi connectivity index (χ4v) is 3.67. The van der Waals surface area contributed by atoms with Crippen LogP contribution < -0.4 is 4.74 Å². The van der Waals surface area contributed by atoms with Crippen molar-refractivity contribution in [2.24, 2.45) is 0 Å². The fraction of sp³-hybridized carbons (Fsp3) is 0.190. The summed E-state index contributed by atoms with van der Waals surface area (Å²) in [5.41, 5.74) is 7.21. The van der Waals surface area contributed by atoms with Crippen molar-refractivity contribution in [1.29, 1.82) is 0 Å². The van der Waals surface area contributed by atoms with Gasteiger partial charge in [0, 0.05) is 5.56 Å². The maximum absolute atomic E-state index is 12.2. The molecular weight excluding hydrogens is 314 g/mol. The van der Waals surface area contributed by atoms with E-state index in [-0.39, 0.29) is 5.97 Å². The highest BCUT2D eigenvalue weighted by Gasteiger charge is 2.23. The van der Waals surface area contributed by atoms with Crippen molar-refractivity contribution in [2.45, 2.75) is 13.3 Å². The Morgan fingerprint density at radius 1 is 1.00 bits per heavy atom. The Morgan fingerprint density at radius 2 is 1.72 bits per heavy atom. The van der Waals surface area contributed by atoms with Crippen LogP contribution in [0.5, 0.6) is 5.75 Å². The van der Waals surface area contributed by atoms with Crippen LogP contribution in [0.3, 0.4) is 0 Å². The molecule has 0 aliphatic heterocycles. The van der Waals surface area contributed by atoms with Crippen molar-refractivity contribution in [1.82, 2.24) is 4.40 Å². The Kier molecular flexibility index (Phi) is 3.61. The number of pyridine rings is 1. The fourth-order valence-electron chi connectivity index (χ4n) is 3.67. The minimum absolute atomic E-state index is 0.310. The Bertz CT molecular complexity index is 1060. The number of carbonyl (C=O) groups is 1. The molecule has 3 heterocycles. The van der Waals surface area contributed by atoms with Gasteiger partial charge in [0.25, 0.3) is 0 Å². The van der Waals surface area contributed by atoms with E-state index in [4.69, 9.17) is 9.47 Å². The molecular formula is C21H19NO3. The summed E-state index contributed by atoms with van der Waals surface area (Å²) >= 11 is 0.